The van der Waals surface area contributed by atoms with Crippen molar-refractivity contribution in [3.8, 4) is 23.3 Å². The lowest BCUT2D eigenvalue weighted by Crippen LogP contribution is -2.35. The molecule has 6 unspecified atom stereocenters. The molecule has 3 aliphatic rings. The molecule has 202 valence electrons. The zero-order valence-corrected chi connectivity index (χ0v) is 21.9. The van der Waals surface area contributed by atoms with Crippen molar-refractivity contribution < 1.29 is 24.8 Å². The molecular formula is C30H42N2O5. The van der Waals surface area contributed by atoms with Crippen LogP contribution in [0.4, 0.5) is 0 Å². The van der Waals surface area contributed by atoms with Gasteiger partial charge in [-0.3, -0.25) is 0 Å². The monoisotopic (exact) mass is 510 g/mol. The van der Waals surface area contributed by atoms with Crippen LogP contribution in [0.3, 0.4) is 0 Å². The SMILES string of the molecule is CC1C#CC2=CC(N)NC=C2COC(CC(O)CCc2ccc(O)c(OC3CCCC(O)C3)c2)CCC1. The second-order valence-corrected chi connectivity index (χ2v) is 10.8. The molecule has 1 fully saturated rings. The number of hydrogen-bond acceptors (Lipinski definition) is 7. The van der Waals surface area contributed by atoms with E-state index in [1.54, 1.807) is 6.07 Å². The number of phenolic OH excluding ortho intramolecular Hbond substituents is 1. The Bertz CT molecular complexity index is 1030. The van der Waals surface area contributed by atoms with Gasteiger partial charge in [0.05, 0.1) is 31.1 Å². The van der Waals surface area contributed by atoms with Crippen LogP contribution >= 0.6 is 0 Å². The third-order valence-corrected chi connectivity index (χ3v) is 7.45. The van der Waals surface area contributed by atoms with Gasteiger partial charge in [-0.15, -0.1) is 0 Å². The van der Waals surface area contributed by atoms with Crippen LogP contribution in [0.1, 0.15) is 70.3 Å². The number of ether oxygens (including phenoxy) is 2. The van der Waals surface area contributed by atoms with Gasteiger partial charge in [0.2, 0.25) is 0 Å². The molecule has 0 amide bonds. The molecule has 7 nitrogen and oxygen atoms in total. The molecule has 0 aromatic heterocycles. The highest BCUT2D eigenvalue weighted by Gasteiger charge is 2.23. The summed E-state index contributed by atoms with van der Waals surface area (Å²) in [6, 6.07) is 5.38. The minimum Gasteiger partial charge on any atom is -0.504 e. The fourth-order valence-electron chi connectivity index (χ4n) is 5.22. The summed E-state index contributed by atoms with van der Waals surface area (Å²) >= 11 is 0. The number of nitrogens with two attached hydrogens (primary N) is 1. The minimum absolute atomic E-state index is 0.0468. The first-order valence-electron chi connectivity index (χ1n) is 13.8. The summed E-state index contributed by atoms with van der Waals surface area (Å²) in [7, 11) is 0. The Morgan fingerprint density at radius 1 is 1.22 bits per heavy atom. The van der Waals surface area contributed by atoms with E-state index in [1.807, 2.05) is 24.4 Å². The normalized spacial score (nSPS) is 29.2. The lowest BCUT2D eigenvalue weighted by atomic mass is 9.95. The van der Waals surface area contributed by atoms with Crippen LogP contribution in [-0.4, -0.2) is 52.5 Å². The van der Waals surface area contributed by atoms with E-state index in [0.29, 0.717) is 44.0 Å². The van der Waals surface area contributed by atoms with Crippen LogP contribution in [0.5, 0.6) is 11.5 Å². The van der Waals surface area contributed by atoms with E-state index >= 15 is 0 Å². The number of aryl methyl sites for hydroxylation is 1. The van der Waals surface area contributed by atoms with Crippen LogP contribution in [0.2, 0.25) is 0 Å². The van der Waals surface area contributed by atoms with Crippen LogP contribution in [0.15, 0.2) is 41.6 Å². The summed E-state index contributed by atoms with van der Waals surface area (Å²) in [5, 5.41) is 34.2. The second-order valence-electron chi connectivity index (χ2n) is 10.8. The van der Waals surface area contributed by atoms with Gasteiger partial charge in [0.1, 0.15) is 6.10 Å². The fourth-order valence-corrected chi connectivity index (χ4v) is 5.22. The molecule has 1 aromatic carbocycles. The highest BCUT2D eigenvalue weighted by Crippen LogP contribution is 2.32. The van der Waals surface area contributed by atoms with Gasteiger partial charge in [-0.1, -0.05) is 24.8 Å². The predicted molar refractivity (Wildman–Crippen MR) is 144 cm³/mol. The lowest BCUT2D eigenvalue weighted by Gasteiger charge is -2.27. The molecule has 1 saturated carbocycles. The molecular weight excluding hydrogens is 468 g/mol. The largest absolute Gasteiger partial charge is 0.504 e. The maximum atomic E-state index is 10.9. The number of aliphatic hydroxyl groups excluding tert-OH is 2. The summed E-state index contributed by atoms with van der Waals surface area (Å²) in [6.07, 6.45) is 10.5. The van der Waals surface area contributed by atoms with E-state index in [4.69, 9.17) is 15.2 Å². The molecule has 2 heterocycles. The van der Waals surface area contributed by atoms with Crippen molar-refractivity contribution in [2.24, 2.45) is 11.7 Å². The molecule has 0 spiro atoms. The molecule has 6 N–H and O–H groups in total. The fraction of sp³-hybridized carbons (Fsp3) is 0.600. The van der Waals surface area contributed by atoms with Gasteiger partial charge < -0.3 is 35.8 Å². The van der Waals surface area contributed by atoms with E-state index < -0.39 is 6.10 Å². The third-order valence-electron chi connectivity index (χ3n) is 7.45. The van der Waals surface area contributed by atoms with Gasteiger partial charge in [-0.2, -0.15) is 0 Å². The Hall–Kier alpha value is -2.50. The topological polar surface area (TPSA) is 117 Å². The highest BCUT2D eigenvalue weighted by atomic mass is 16.5. The number of hydrogen-bond donors (Lipinski definition) is 5. The summed E-state index contributed by atoms with van der Waals surface area (Å²) in [5.41, 5.74) is 8.92. The molecule has 0 saturated heterocycles. The van der Waals surface area contributed by atoms with E-state index in [9.17, 15) is 15.3 Å². The Morgan fingerprint density at radius 2 is 2.05 bits per heavy atom. The van der Waals surface area contributed by atoms with Gasteiger partial charge in [-0.25, -0.2) is 0 Å². The quantitative estimate of drug-likeness (QED) is 0.355. The van der Waals surface area contributed by atoms with Crippen molar-refractivity contribution >= 4 is 0 Å². The maximum Gasteiger partial charge on any atom is 0.161 e. The van der Waals surface area contributed by atoms with Crippen molar-refractivity contribution in [2.45, 2.75) is 102 Å². The molecule has 2 aliphatic heterocycles. The lowest BCUT2D eigenvalue weighted by molar-refractivity contribution is 0.0166. The average molecular weight is 511 g/mol. The number of fused-ring (bicyclic) bond motifs is 1. The average Bonchev–Trinajstić information content (AvgIpc) is 2.89. The molecule has 4 rings (SSSR count). The van der Waals surface area contributed by atoms with Crippen molar-refractivity contribution in [3.05, 3.63) is 47.2 Å². The number of benzene rings is 1. The molecule has 0 radical (unpaired) electrons. The Balaban J connectivity index is 1.31. The maximum absolute atomic E-state index is 10.9. The molecule has 6 atom stereocenters. The number of dihydropyridines is 1. The van der Waals surface area contributed by atoms with Gasteiger partial charge in [0.25, 0.3) is 0 Å². The van der Waals surface area contributed by atoms with Gasteiger partial charge >= 0.3 is 0 Å². The summed E-state index contributed by atoms with van der Waals surface area (Å²) in [4.78, 5) is 0. The molecule has 37 heavy (non-hydrogen) atoms. The van der Waals surface area contributed by atoms with E-state index in [2.05, 4.69) is 24.1 Å². The molecule has 0 bridgehead atoms. The van der Waals surface area contributed by atoms with Crippen LogP contribution in [0.25, 0.3) is 0 Å². The first kappa shape index (κ1) is 27.5. The summed E-state index contributed by atoms with van der Waals surface area (Å²) < 4.78 is 12.3. The summed E-state index contributed by atoms with van der Waals surface area (Å²) in [5.74, 6) is 7.47. The number of nitrogens with one attached hydrogen (secondary N) is 1. The van der Waals surface area contributed by atoms with Crippen LogP contribution in [-0.2, 0) is 11.2 Å². The molecule has 7 heteroatoms. The zero-order valence-electron chi connectivity index (χ0n) is 21.9. The minimum atomic E-state index is -0.502. The standard InChI is InChI=1S/C30H42N2O5/c1-20-4-2-6-26(36-19-23-18-32-30(31)15-22(23)11-8-20)16-25(34)12-9-21-10-13-28(35)29(14-21)37-27-7-3-5-24(33)17-27/h10,13-15,18,20,24-27,30,32-35H,2-7,9,12,16-17,19,31H2,1H3. The number of rotatable bonds is 7. The first-order valence-corrected chi connectivity index (χ1v) is 13.8. The summed E-state index contributed by atoms with van der Waals surface area (Å²) in [6.45, 7) is 2.58. The highest BCUT2D eigenvalue weighted by molar-refractivity contribution is 5.48. The number of phenols is 1. The Labute approximate surface area is 220 Å². The third kappa shape index (κ3) is 8.51. The van der Waals surface area contributed by atoms with Crippen LogP contribution in [0, 0.1) is 17.8 Å². The number of aliphatic hydroxyl groups is 2. The first-order chi connectivity index (χ1) is 17.9. The second kappa shape index (κ2) is 13.3. The Morgan fingerprint density at radius 3 is 2.89 bits per heavy atom. The van der Waals surface area contributed by atoms with Crippen molar-refractivity contribution in [1.29, 1.82) is 0 Å². The molecule has 1 aromatic rings. The van der Waals surface area contributed by atoms with Crippen LogP contribution < -0.4 is 15.8 Å². The zero-order chi connectivity index (χ0) is 26.2. The van der Waals surface area contributed by atoms with Crippen molar-refractivity contribution in [1.82, 2.24) is 5.32 Å². The molecule has 1 aliphatic carbocycles. The van der Waals surface area contributed by atoms with E-state index in [1.165, 1.54) is 0 Å². The van der Waals surface area contributed by atoms with Gasteiger partial charge in [0, 0.05) is 29.7 Å². The van der Waals surface area contributed by atoms with Gasteiger partial charge in [-0.05, 0) is 81.6 Å². The van der Waals surface area contributed by atoms with Crippen molar-refractivity contribution in [2.75, 3.05) is 6.61 Å². The predicted octanol–water partition coefficient (Wildman–Crippen LogP) is 3.67. The van der Waals surface area contributed by atoms with E-state index in [-0.39, 0.29) is 30.2 Å². The number of aromatic hydroxyl groups is 1. The smallest absolute Gasteiger partial charge is 0.161 e. The van der Waals surface area contributed by atoms with Gasteiger partial charge in [0.15, 0.2) is 11.5 Å². The Kier molecular flexibility index (Phi) is 9.93. The van der Waals surface area contributed by atoms with E-state index in [0.717, 1.165) is 55.2 Å². The van der Waals surface area contributed by atoms with Crippen molar-refractivity contribution in [3.63, 3.8) is 0 Å².